The van der Waals surface area contributed by atoms with Crippen LogP contribution in [0.5, 0.6) is 11.5 Å². The zero-order valence-electron chi connectivity index (χ0n) is 16.0. The SMILES string of the molecule is COc1cc(NC(=O)CN(C)C(C)c2cc3ccccc3o2)cc(OC)c1. The predicted molar refractivity (Wildman–Crippen MR) is 105 cm³/mol. The summed E-state index contributed by atoms with van der Waals surface area (Å²) < 4.78 is 16.4. The minimum absolute atomic E-state index is 0.0389. The van der Waals surface area contributed by atoms with Crippen LogP contribution in [0.2, 0.25) is 0 Å². The first-order chi connectivity index (χ1) is 13.0. The van der Waals surface area contributed by atoms with Crippen molar-refractivity contribution in [3.63, 3.8) is 0 Å². The van der Waals surface area contributed by atoms with Gasteiger partial charge in [-0.1, -0.05) is 18.2 Å². The van der Waals surface area contributed by atoms with E-state index < -0.39 is 0 Å². The first kappa shape index (κ1) is 18.8. The van der Waals surface area contributed by atoms with Crippen LogP contribution >= 0.6 is 0 Å². The van der Waals surface area contributed by atoms with Crippen molar-refractivity contribution in [1.29, 1.82) is 0 Å². The third-order valence-corrected chi connectivity index (χ3v) is 4.55. The normalized spacial score (nSPS) is 12.2. The van der Waals surface area contributed by atoms with E-state index in [4.69, 9.17) is 13.9 Å². The van der Waals surface area contributed by atoms with Gasteiger partial charge in [0.1, 0.15) is 22.8 Å². The summed E-state index contributed by atoms with van der Waals surface area (Å²) in [6, 6.07) is 15.1. The predicted octanol–water partition coefficient (Wildman–Crippen LogP) is 4.08. The fourth-order valence-corrected chi connectivity index (χ4v) is 2.87. The van der Waals surface area contributed by atoms with Crippen LogP contribution in [0.15, 0.2) is 52.9 Å². The van der Waals surface area contributed by atoms with E-state index in [2.05, 4.69) is 5.32 Å². The Labute approximate surface area is 158 Å². The standard InChI is InChI=1S/C21H24N2O4/c1-14(20-9-15-7-5-6-8-19(15)27-20)23(2)13-21(24)22-16-10-17(25-3)12-18(11-16)26-4/h5-12,14H,13H2,1-4H3,(H,22,24). The largest absolute Gasteiger partial charge is 0.497 e. The number of hydrogen-bond acceptors (Lipinski definition) is 5. The van der Waals surface area contributed by atoms with Gasteiger partial charge in [-0.25, -0.2) is 0 Å². The van der Waals surface area contributed by atoms with E-state index in [9.17, 15) is 4.79 Å². The summed E-state index contributed by atoms with van der Waals surface area (Å²) in [7, 11) is 5.04. The van der Waals surface area contributed by atoms with E-state index in [1.165, 1.54) is 0 Å². The van der Waals surface area contributed by atoms with Crippen molar-refractivity contribution < 1.29 is 18.7 Å². The van der Waals surface area contributed by atoms with E-state index in [0.717, 1.165) is 16.7 Å². The van der Waals surface area contributed by atoms with E-state index >= 15 is 0 Å². The Kier molecular flexibility index (Phi) is 5.66. The quantitative estimate of drug-likeness (QED) is 0.681. The molecule has 6 nitrogen and oxygen atoms in total. The van der Waals surface area contributed by atoms with Crippen LogP contribution < -0.4 is 14.8 Å². The molecule has 3 rings (SSSR count). The highest BCUT2D eigenvalue weighted by Gasteiger charge is 2.19. The van der Waals surface area contributed by atoms with Crippen molar-refractivity contribution in [3.05, 3.63) is 54.3 Å². The molecule has 0 spiro atoms. The van der Waals surface area contributed by atoms with Gasteiger partial charge in [-0.3, -0.25) is 9.69 Å². The van der Waals surface area contributed by atoms with Gasteiger partial charge in [0.25, 0.3) is 0 Å². The number of nitrogens with zero attached hydrogens (tertiary/aromatic N) is 1. The molecule has 1 atom stereocenters. The van der Waals surface area contributed by atoms with Crippen LogP contribution in [-0.2, 0) is 4.79 Å². The molecule has 0 saturated carbocycles. The molecule has 1 amide bonds. The van der Waals surface area contributed by atoms with Crippen molar-refractivity contribution in [3.8, 4) is 11.5 Å². The van der Waals surface area contributed by atoms with E-state index in [-0.39, 0.29) is 18.5 Å². The highest BCUT2D eigenvalue weighted by atomic mass is 16.5. The second-order valence-electron chi connectivity index (χ2n) is 6.43. The second kappa shape index (κ2) is 8.14. The molecule has 1 N–H and O–H groups in total. The lowest BCUT2D eigenvalue weighted by Crippen LogP contribution is -2.32. The molecule has 6 heteroatoms. The summed E-state index contributed by atoms with van der Waals surface area (Å²) in [6.45, 7) is 2.23. The number of fused-ring (bicyclic) bond motifs is 1. The number of nitrogens with one attached hydrogen (secondary N) is 1. The lowest BCUT2D eigenvalue weighted by Gasteiger charge is -2.22. The van der Waals surface area contributed by atoms with Crippen molar-refractivity contribution >= 4 is 22.6 Å². The van der Waals surface area contributed by atoms with Gasteiger partial charge in [0, 0.05) is 29.3 Å². The second-order valence-corrected chi connectivity index (χ2v) is 6.43. The Morgan fingerprint density at radius 3 is 2.41 bits per heavy atom. The third-order valence-electron chi connectivity index (χ3n) is 4.55. The molecule has 0 radical (unpaired) electrons. The Morgan fingerprint density at radius 1 is 1.11 bits per heavy atom. The number of rotatable bonds is 7. The number of benzene rings is 2. The van der Waals surface area contributed by atoms with Gasteiger partial charge in [-0.15, -0.1) is 0 Å². The number of methoxy groups -OCH3 is 2. The maximum atomic E-state index is 12.5. The summed E-state index contributed by atoms with van der Waals surface area (Å²) in [5.74, 6) is 1.94. The van der Waals surface area contributed by atoms with Gasteiger partial charge in [0.15, 0.2) is 0 Å². The maximum absolute atomic E-state index is 12.5. The summed E-state index contributed by atoms with van der Waals surface area (Å²) in [5, 5.41) is 3.94. The molecule has 0 fully saturated rings. The third kappa shape index (κ3) is 4.41. The fraction of sp³-hybridized carbons (Fsp3) is 0.286. The van der Waals surface area contributed by atoms with E-state index in [1.807, 2.05) is 49.2 Å². The van der Waals surface area contributed by atoms with Gasteiger partial charge in [0.2, 0.25) is 5.91 Å². The first-order valence-electron chi connectivity index (χ1n) is 8.72. The van der Waals surface area contributed by atoms with Crippen LogP contribution in [0.25, 0.3) is 11.0 Å². The Morgan fingerprint density at radius 2 is 1.78 bits per heavy atom. The molecule has 0 aliphatic carbocycles. The number of furan rings is 1. The molecule has 27 heavy (non-hydrogen) atoms. The molecule has 3 aromatic rings. The lowest BCUT2D eigenvalue weighted by molar-refractivity contribution is -0.117. The van der Waals surface area contributed by atoms with Crippen LogP contribution in [0.4, 0.5) is 5.69 Å². The minimum Gasteiger partial charge on any atom is -0.497 e. The Hall–Kier alpha value is -2.99. The number of ether oxygens (including phenoxy) is 2. The number of carbonyl (C=O) groups excluding carboxylic acids is 1. The Bertz CT molecular complexity index is 880. The van der Waals surface area contributed by atoms with Crippen molar-refractivity contribution in [1.82, 2.24) is 4.90 Å². The zero-order valence-corrected chi connectivity index (χ0v) is 16.0. The highest BCUT2D eigenvalue weighted by Crippen LogP contribution is 2.27. The molecule has 2 aromatic carbocycles. The maximum Gasteiger partial charge on any atom is 0.238 e. The molecule has 1 aromatic heterocycles. The average Bonchev–Trinajstić information content (AvgIpc) is 3.10. The van der Waals surface area contributed by atoms with Gasteiger partial charge in [-0.2, -0.15) is 0 Å². The summed E-state index contributed by atoms with van der Waals surface area (Å²) in [5.41, 5.74) is 1.47. The minimum atomic E-state index is -0.129. The van der Waals surface area contributed by atoms with Crippen molar-refractivity contribution in [2.24, 2.45) is 0 Å². The van der Waals surface area contributed by atoms with Crippen LogP contribution in [0.3, 0.4) is 0 Å². The number of hydrogen-bond donors (Lipinski definition) is 1. The Balaban J connectivity index is 1.66. The number of para-hydroxylation sites is 1. The molecule has 0 aliphatic heterocycles. The first-order valence-corrected chi connectivity index (χ1v) is 8.72. The summed E-state index contributed by atoms with van der Waals surface area (Å²) >= 11 is 0. The van der Waals surface area contributed by atoms with E-state index in [1.54, 1.807) is 32.4 Å². The smallest absolute Gasteiger partial charge is 0.238 e. The molecule has 0 bridgehead atoms. The molecule has 1 unspecified atom stereocenters. The number of anilines is 1. The van der Waals surface area contributed by atoms with Crippen molar-refractivity contribution in [2.75, 3.05) is 33.1 Å². The molecule has 0 aliphatic rings. The van der Waals surface area contributed by atoms with Crippen LogP contribution in [0.1, 0.15) is 18.7 Å². The highest BCUT2D eigenvalue weighted by molar-refractivity contribution is 5.92. The van der Waals surface area contributed by atoms with Gasteiger partial charge in [-0.05, 0) is 26.1 Å². The van der Waals surface area contributed by atoms with Gasteiger partial charge < -0.3 is 19.2 Å². The molecule has 142 valence electrons. The van der Waals surface area contributed by atoms with Gasteiger partial charge in [0.05, 0.1) is 26.8 Å². The fourth-order valence-electron chi connectivity index (χ4n) is 2.87. The number of carbonyl (C=O) groups is 1. The lowest BCUT2D eigenvalue weighted by atomic mass is 10.2. The van der Waals surface area contributed by atoms with E-state index in [0.29, 0.717) is 17.2 Å². The number of likely N-dealkylation sites (N-methyl/N-ethyl adjacent to an activating group) is 1. The monoisotopic (exact) mass is 368 g/mol. The summed E-state index contributed by atoms with van der Waals surface area (Å²) in [4.78, 5) is 14.4. The van der Waals surface area contributed by atoms with Crippen LogP contribution in [-0.4, -0.2) is 38.6 Å². The average molecular weight is 368 g/mol. The van der Waals surface area contributed by atoms with Crippen molar-refractivity contribution in [2.45, 2.75) is 13.0 Å². The zero-order chi connectivity index (χ0) is 19.4. The topological polar surface area (TPSA) is 63.9 Å². The van der Waals surface area contributed by atoms with Crippen LogP contribution in [0, 0.1) is 0 Å². The molecular formula is C21H24N2O4. The molecule has 1 heterocycles. The molecular weight excluding hydrogens is 344 g/mol. The van der Waals surface area contributed by atoms with Gasteiger partial charge >= 0.3 is 0 Å². The number of amides is 1. The summed E-state index contributed by atoms with van der Waals surface area (Å²) in [6.07, 6.45) is 0. The molecule has 0 saturated heterocycles.